The molecule has 1 heteroatoms. The molecule has 18 heavy (non-hydrogen) atoms. The number of hydrogen-bond donors (Lipinski definition) is 0. The van der Waals surface area contributed by atoms with Crippen LogP contribution in [0, 0.1) is 22.7 Å². The Hall–Kier alpha value is -0.300. The Morgan fingerprint density at radius 2 is 1.39 bits per heavy atom. The van der Waals surface area contributed by atoms with Gasteiger partial charge in [0.1, 0.15) is 0 Å². The lowest BCUT2D eigenvalue weighted by Gasteiger charge is -2.50. The highest BCUT2D eigenvalue weighted by molar-refractivity contribution is 5.04. The Kier molecular flexibility index (Phi) is 5.68. The molecule has 0 aromatic rings. The van der Waals surface area contributed by atoms with Crippen molar-refractivity contribution in [1.82, 2.24) is 4.90 Å². The van der Waals surface area contributed by atoms with Crippen LogP contribution in [0.1, 0.15) is 55.4 Å². The molecular formula is C17H35N. The molecule has 108 valence electrons. The Bertz CT molecular complexity index is 280. The van der Waals surface area contributed by atoms with Crippen LogP contribution in [0.15, 0.2) is 12.2 Å². The Labute approximate surface area is 116 Å². The number of hydrogen-bond acceptors (Lipinski definition) is 1. The minimum Gasteiger partial charge on any atom is -0.306 e. The zero-order valence-electron chi connectivity index (χ0n) is 14.4. The van der Waals surface area contributed by atoms with Gasteiger partial charge in [0.2, 0.25) is 0 Å². The SMILES string of the molecule is C=C(C)C(C)C(C(C)C(C)(C)C(C)(C)C)N(C)C. The van der Waals surface area contributed by atoms with E-state index in [2.05, 4.69) is 81.0 Å². The Balaban J connectivity index is 5.35. The van der Waals surface area contributed by atoms with Gasteiger partial charge in [-0.15, -0.1) is 0 Å². The largest absolute Gasteiger partial charge is 0.306 e. The highest BCUT2D eigenvalue weighted by Crippen LogP contribution is 2.47. The second-order valence-electron chi connectivity index (χ2n) is 7.85. The summed E-state index contributed by atoms with van der Waals surface area (Å²) in [7, 11) is 4.39. The standard InChI is InChI=1S/C17H35N/c1-12(2)13(3)15(18(10)11)14(4)17(8,9)16(5,6)7/h13-15H,1H2,2-11H3. The van der Waals surface area contributed by atoms with Crippen LogP contribution in [0.4, 0.5) is 0 Å². The summed E-state index contributed by atoms with van der Waals surface area (Å²) in [4.78, 5) is 2.37. The first-order valence-electron chi connectivity index (χ1n) is 7.15. The minimum absolute atomic E-state index is 0.283. The van der Waals surface area contributed by atoms with Gasteiger partial charge in [0.15, 0.2) is 0 Å². The van der Waals surface area contributed by atoms with E-state index in [0.717, 1.165) is 0 Å². The van der Waals surface area contributed by atoms with Gasteiger partial charge in [-0.05, 0) is 43.7 Å². The van der Waals surface area contributed by atoms with Gasteiger partial charge in [-0.1, -0.05) is 60.6 Å². The molecule has 0 spiro atoms. The summed E-state index contributed by atoms with van der Waals surface area (Å²) in [6.45, 7) is 22.9. The van der Waals surface area contributed by atoms with E-state index in [9.17, 15) is 0 Å². The van der Waals surface area contributed by atoms with Crippen LogP contribution < -0.4 is 0 Å². The van der Waals surface area contributed by atoms with Crippen molar-refractivity contribution in [2.75, 3.05) is 14.1 Å². The summed E-state index contributed by atoms with van der Waals surface area (Å²) in [5.74, 6) is 1.14. The first-order valence-corrected chi connectivity index (χ1v) is 7.15. The van der Waals surface area contributed by atoms with Gasteiger partial charge in [0, 0.05) is 6.04 Å². The molecule has 0 radical (unpaired) electrons. The predicted octanol–water partition coefficient (Wildman–Crippen LogP) is 4.84. The Morgan fingerprint density at radius 3 is 1.61 bits per heavy atom. The van der Waals surface area contributed by atoms with E-state index in [1.807, 2.05) is 0 Å². The van der Waals surface area contributed by atoms with Crippen molar-refractivity contribution in [3.05, 3.63) is 12.2 Å². The second kappa shape index (κ2) is 5.77. The van der Waals surface area contributed by atoms with Crippen molar-refractivity contribution >= 4 is 0 Å². The fourth-order valence-electron chi connectivity index (χ4n) is 2.73. The summed E-state index contributed by atoms with van der Waals surface area (Å²) < 4.78 is 0. The fraction of sp³-hybridized carbons (Fsp3) is 0.882. The van der Waals surface area contributed by atoms with E-state index in [1.54, 1.807) is 0 Å². The molecule has 0 aromatic carbocycles. The van der Waals surface area contributed by atoms with Crippen molar-refractivity contribution in [3.8, 4) is 0 Å². The Morgan fingerprint density at radius 1 is 1.00 bits per heavy atom. The van der Waals surface area contributed by atoms with Gasteiger partial charge in [0.25, 0.3) is 0 Å². The molecule has 0 saturated carbocycles. The lowest BCUT2D eigenvalue weighted by atomic mass is 9.59. The van der Waals surface area contributed by atoms with Crippen LogP contribution in [0.25, 0.3) is 0 Å². The molecule has 3 unspecified atom stereocenters. The van der Waals surface area contributed by atoms with Gasteiger partial charge in [-0.3, -0.25) is 0 Å². The maximum Gasteiger partial charge on any atom is 0.0183 e. The second-order valence-corrected chi connectivity index (χ2v) is 7.85. The minimum atomic E-state index is 0.283. The van der Waals surface area contributed by atoms with Crippen LogP contribution in [0.2, 0.25) is 0 Å². The van der Waals surface area contributed by atoms with E-state index in [-0.39, 0.29) is 5.41 Å². The monoisotopic (exact) mass is 253 g/mol. The number of nitrogens with zero attached hydrogens (tertiary/aromatic N) is 1. The molecule has 0 N–H and O–H groups in total. The molecule has 0 saturated heterocycles. The summed E-state index contributed by atoms with van der Waals surface area (Å²) >= 11 is 0. The average Bonchev–Trinajstić information content (AvgIpc) is 2.14. The molecule has 0 aliphatic carbocycles. The van der Waals surface area contributed by atoms with Crippen LogP contribution in [0.5, 0.6) is 0 Å². The van der Waals surface area contributed by atoms with E-state index < -0.39 is 0 Å². The maximum absolute atomic E-state index is 4.16. The van der Waals surface area contributed by atoms with Gasteiger partial charge in [-0.2, -0.15) is 0 Å². The van der Waals surface area contributed by atoms with Crippen molar-refractivity contribution in [2.24, 2.45) is 22.7 Å². The molecular weight excluding hydrogens is 218 g/mol. The van der Waals surface area contributed by atoms with Crippen molar-refractivity contribution < 1.29 is 0 Å². The first kappa shape index (κ1) is 17.7. The van der Waals surface area contributed by atoms with Crippen LogP contribution in [-0.2, 0) is 0 Å². The van der Waals surface area contributed by atoms with E-state index >= 15 is 0 Å². The first-order chi connectivity index (χ1) is 7.84. The molecule has 0 bridgehead atoms. The number of rotatable bonds is 5. The average molecular weight is 253 g/mol. The quantitative estimate of drug-likeness (QED) is 0.634. The zero-order valence-corrected chi connectivity index (χ0v) is 14.4. The van der Waals surface area contributed by atoms with Crippen molar-refractivity contribution in [3.63, 3.8) is 0 Å². The smallest absolute Gasteiger partial charge is 0.0183 e. The third kappa shape index (κ3) is 3.60. The van der Waals surface area contributed by atoms with Crippen LogP contribution in [0.3, 0.4) is 0 Å². The molecule has 0 amide bonds. The van der Waals surface area contributed by atoms with Crippen LogP contribution in [-0.4, -0.2) is 25.0 Å². The van der Waals surface area contributed by atoms with Gasteiger partial charge in [-0.25, -0.2) is 0 Å². The summed E-state index contributed by atoms with van der Waals surface area (Å²) in [5.41, 5.74) is 1.87. The molecule has 0 heterocycles. The van der Waals surface area contributed by atoms with E-state index in [1.165, 1.54) is 5.57 Å². The van der Waals surface area contributed by atoms with Crippen molar-refractivity contribution in [1.29, 1.82) is 0 Å². The normalized spacial score (nSPS) is 18.6. The lowest BCUT2D eigenvalue weighted by Crippen LogP contribution is -2.49. The predicted molar refractivity (Wildman–Crippen MR) is 83.9 cm³/mol. The van der Waals surface area contributed by atoms with Crippen molar-refractivity contribution in [2.45, 2.75) is 61.4 Å². The molecule has 0 aliphatic heterocycles. The molecule has 1 nitrogen and oxygen atoms in total. The molecule has 0 rings (SSSR count). The summed E-state index contributed by atoms with van der Waals surface area (Å²) in [6.07, 6.45) is 0. The fourth-order valence-corrected chi connectivity index (χ4v) is 2.73. The highest BCUT2D eigenvalue weighted by atomic mass is 15.1. The molecule has 3 atom stereocenters. The molecule has 0 aromatic heterocycles. The highest BCUT2D eigenvalue weighted by Gasteiger charge is 2.43. The van der Waals surface area contributed by atoms with E-state index in [4.69, 9.17) is 0 Å². The molecule has 0 fully saturated rings. The van der Waals surface area contributed by atoms with Gasteiger partial charge >= 0.3 is 0 Å². The topological polar surface area (TPSA) is 3.24 Å². The lowest BCUT2D eigenvalue weighted by molar-refractivity contribution is 0.00389. The summed E-state index contributed by atoms with van der Waals surface area (Å²) in [5, 5.41) is 0. The third-order valence-corrected chi connectivity index (χ3v) is 5.47. The summed E-state index contributed by atoms with van der Waals surface area (Å²) in [6, 6.07) is 0.539. The van der Waals surface area contributed by atoms with Crippen LogP contribution >= 0.6 is 0 Å². The maximum atomic E-state index is 4.16. The zero-order chi connectivity index (χ0) is 14.9. The van der Waals surface area contributed by atoms with Gasteiger partial charge in [0.05, 0.1) is 0 Å². The molecule has 0 aliphatic rings. The van der Waals surface area contributed by atoms with E-state index in [0.29, 0.717) is 23.3 Å². The third-order valence-electron chi connectivity index (χ3n) is 5.47. The van der Waals surface area contributed by atoms with Gasteiger partial charge < -0.3 is 4.90 Å².